The van der Waals surface area contributed by atoms with Crippen LogP contribution in [0, 0.1) is 24.6 Å². The number of aromatic nitrogens is 1. The summed E-state index contributed by atoms with van der Waals surface area (Å²) in [7, 11) is 0. The number of hydrogen-bond acceptors (Lipinski definition) is 5. The Kier molecular flexibility index (Phi) is 7.62. The highest BCUT2D eigenvalue weighted by Crippen LogP contribution is 2.42. The van der Waals surface area contributed by atoms with Crippen molar-refractivity contribution in [2.75, 3.05) is 13.2 Å². The third kappa shape index (κ3) is 5.51. The SMILES string of the molecule is CC#C[C@@H](CC(=O)O)c1ccc(O[C@@H]2CCc3c(-c4ccc(O[C@@H]5CCOC5)nc4C)ccc(F)c32)cc1. The average Bonchev–Trinajstić information content (AvgIpc) is 3.56. The Balaban J connectivity index is 1.36. The molecule has 196 valence electrons. The minimum Gasteiger partial charge on any atom is -0.486 e. The fraction of sp³-hybridized carbons (Fsp3) is 0.355. The number of hydrogen-bond donors (Lipinski definition) is 1. The van der Waals surface area contributed by atoms with Crippen LogP contribution >= 0.6 is 0 Å². The number of carboxylic acids is 1. The number of pyridine rings is 1. The van der Waals surface area contributed by atoms with E-state index in [1.165, 1.54) is 6.07 Å². The molecule has 1 aliphatic carbocycles. The Hall–Kier alpha value is -3.89. The highest BCUT2D eigenvalue weighted by Gasteiger charge is 2.31. The lowest BCUT2D eigenvalue weighted by atomic mass is 9.95. The van der Waals surface area contributed by atoms with Crippen molar-refractivity contribution in [1.29, 1.82) is 0 Å². The van der Waals surface area contributed by atoms with Crippen molar-refractivity contribution in [1.82, 2.24) is 4.98 Å². The topological polar surface area (TPSA) is 77.9 Å². The van der Waals surface area contributed by atoms with E-state index >= 15 is 4.39 Å². The number of fused-ring (bicyclic) bond motifs is 1. The molecule has 0 bridgehead atoms. The van der Waals surface area contributed by atoms with Crippen molar-refractivity contribution in [3.8, 4) is 34.6 Å². The summed E-state index contributed by atoms with van der Waals surface area (Å²) >= 11 is 0. The quantitative estimate of drug-likeness (QED) is 0.370. The summed E-state index contributed by atoms with van der Waals surface area (Å²) in [6, 6.07) is 14.4. The van der Waals surface area contributed by atoms with Gasteiger partial charge in [0, 0.05) is 29.3 Å². The van der Waals surface area contributed by atoms with Crippen molar-refractivity contribution >= 4 is 5.97 Å². The molecule has 1 saturated heterocycles. The van der Waals surface area contributed by atoms with E-state index in [1.54, 1.807) is 19.1 Å². The second kappa shape index (κ2) is 11.2. The number of aryl methyl sites for hydroxylation is 1. The first-order valence-electron chi connectivity index (χ1n) is 12.9. The van der Waals surface area contributed by atoms with Crippen LogP contribution in [0.25, 0.3) is 11.1 Å². The van der Waals surface area contributed by atoms with Gasteiger partial charge in [0.2, 0.25) is 5.88 Å². The maximum Gasteiger partial charge on any atom is 0.304 e. The molecule has 5 rings (SSSR count). The lowest BCUT2D eigenvalue weighted by Crippen LogP contribution is -2.16. The first-order valence-corrected chi connectivity index (χ1v) is 12.9. The molecule has 2 aliphatic rings. The number of rotatable bonds is 8. The molecule has 1 fully saturated rings. The molecule has 0 radical (unpaired) electrons. The van der Waals surface area contributed by atoms with Gasteiger partial charge in [-0.1, -0.05) is 24.1 Å². The van der Waals surface area contributed by atoms with Gasteiger partial charge < -0.3 is 19.3 Å². The summed E-state index contributed by atoms with van der Waals surface area (Å²) in [6.45, 7) is 4.91. The van der Waals surface area contributed by atoms with Gasteiger partial charge in [0.1, 0.15) is 23.8 Å². The van der Waals surface area contributed by atoms with Crippen molar-refractivity contribution in [3.05, 3.63) is 76.7 Å². The van der Waals surface area contributed by atoms with Crippen LogP contribution in [0.2, 0.25) is 0 Å². The summed E-state index contributed by atoms with van der Waals surface area (Å²) in [5.41, 5.74) is 5.05. The summed E-state index contributed by atoms with van der Waals surface area (Å²) in [5.74, 6) is 5.35. The monoisotopic (exact) mass is 515 g/mol. The van der Waals surface area contributed by atoms with Gasteiger partial charge in [-0.05, 0) is 67.6 Å². The number of halogens is 1. The minimum absolute atomic E-state index is 0.0254. The van der Waals surface area contributed by atoms with Crippen molar-refractivity contribution in [3.63, 3.8) is 0 Å². The number of benzene rings is 2. The van der Waals surface area contributed by atoms with Crippen LogP contribution in [-0.4, -0.2) is 35.4 Å². The van der Waals surface area contributed by atoms with Gasteiger partial charge in [0.05, 0.1) is 25.6 Å². The predicted octanol–water partition coefficient (Wildman–Crippen LogP) is 6.01. The van der Waals surface area contributed by atoms with E-state index < -0.39 is 12.1 Å². The van der Waals surface area contributed by atoms with Crippen LogP contribution in [0.5, 0.6) is 11.6 Å². The zero-order chi connectivity index (χ0) is 26.6. The molecule has 1 aromatic heterocycles. The zero-order valence-electron chi connectivity index (χ0n) is 21.5. The number of nitrogens with zero attached hydrogens (tertiary/aromatic N) is 1. The molecule has 3 aromatic rings. The minimum atomic E-state index is -0.900. The van der Waals surface area contributed by atoms with Crippen molar-refractivity contribution in [2.45, 2.75) is 57.7 Å². The second-order valence-electron chi connectivity index (χ2n) is 9.63. The smallest absolute Gasteiger partial charge is 0.304 e. The molecule has 1 aliphatic heterocycles. The zero-order valence-corrected chi connectivity index (χ0v) is 21.5. The van der Waals surface area contributed by atoms with Crippen molar-refractivity contribution in [2.24, 2.45) is 0 Å². The van der Waals surface area contributed by atoms with E-state index in [0.717, 1.165) is 34.4 Å². The number of carbonyl (C=O) groups is 1. The molecular formula is C31H30FNO5. The first kappa shape index (κ1) is 25.7. The molecule has 2 aromatic carbocycles. The van der Waals surface area contributed by atoms with Gasteiger partial charge in [-0.3, -0.25) is 4.79 Å². The first-order chi connectivity index (χ1) is 18.4. The largest absolute Gasteiger partial charge is 0.486 e. The molecule has 0 saturated carbocycles. The Bertz CT molecular complexity index is 1390. The summed E-state index contributed by atoms with van der Waals surface area (Å²) in [6.07, 6.45) is 1.74. The molecule has 0 unspecified atom stereocenters. The summed E-state index contributed by atoms with van der Waals surface area (Å²) in [5, 5.41) is 9.19. The maximum absolute atomic E-state index is 15.1. The normalized spacial score (nSPS) is 18.8. The van der Waals surface area contributed by atoms with E-state index in [2.05, 4.69) is 16.8 Å². The lowest BCUT2D eigenvalue weighted by Gasteiger charge is -2.18. The average molecular weight is 516 g/mol. The molecular weight excluding hydrogens is 485 g/mol. The van der Waals surface area contributed by atoms with E-state index in [0.29, 0.717) is 43.2 Å². The standard InChI is InChI=1S/C31H30FNO5/c1-3-4-21(17-30(34)35)20-5-7-22(8-6-20)37-28-13-10-26-25(9-12-27(32)31(26)28)24-11-14-29(33-19(24)2)38-23-15-16-36-18-23/h5-9,11-12,14,21,23,28H,10,13,15-18H2,1-2H3,(H,34,35)/t21-,23+,28+/m0/s1. The highest BCUT2D eigenvalue weighted by molar-refractivity contribution is 5.72. The van der Waals surface area contributed by atoms with Gasteiger partial charge >= 0.3 is 5.97 Å². The predicted molar refractivity (Wildman–Crippen MR) is 141 cm³/mol. The van der Waals surface area contributed by atoms with Crippen LogP contribution in [0.15, 0.2) is 48.5 Å². The molecule has 0 spiro atoms. The van der Waals surface area contributed by atoms with Crippen LogP contribution in [-0.2, 0) is 16.0 Å². The highest BCUT2D eigenvalue weighted by atomic mass is 19.1. The number of ether oxygens (including phenoxy) is 3. The van der Waals surface area contributed by atoms with Gasteiger partial charge in [-0.15, -0.1) is 5.92 Å². The molecule has 0 amide bonds. The van der Waals surface area contributed by atoms with E-state index in [-0.39, 0.29) is 24.3 Å². The molecule has 6 nitrogen and oxygen atoms in total. The summed E-state index contributed by atoms with van der Waals surface area (Å²) in [4.78, 5) is 15.9. The Morgan fingerprint density at radius 1 is 1.13 bits per heavy atom. The van der Waals surface area contributed by atoms with Gasteiger partial charge in [-0.2, -0.15) is 0 Å². The van der Waals surface area contributed by atoms with E-state index in [1.807, 2.05) is 37.3 Å². The fourth-order valence-electron chi connectivity index (χ4n) is 5.25. The van der Waals surface area contributed by atoms with Gasteiger partial charge in [0.15, 0.2) is 0 Å². The van der Waals surface area contributed by atoms with E-state index in [9.17, 15) is 9.90 Å². The Morgan fingerprint density at radius 3 is 2.61 bits per heavy atom. The van der Waals surface area contributed by atoms with Crippen molar-refractivity contribution < 1.29 is 28.5 Å². The lowest BCUT2D eigenvalue weighted by molar-refractivity contribution is -0.137. The molecule has 38 heavy (non-hydrogen) atoms. The molecule has 1 N–H and O–H groups in total. The number of carboxylic acid groups (broad SMARTS) is 1. The Morgan fingerprint density at radius 2 is 1.92 bits per heavy atom. The van der Waals surface area contributed by atoms with Crippen LogP contribution in [0.4, 0.5) is 4.39 Å². The van der Waals surface area contributed by atoms with Gasteiger partial charge in [0.25, 0.3) is 0 Å². The maximum atomic E-state index is 15.1. The van der Waals surface area contributed by atoms with Crippen LogP contribution < -0.4 is 9.47 Å². The fourth-order valence-corrected chi connectivity index (χ4v) is 5.25. The van der Waals surface area contributed by atoms with E-state index in [4.69, 9.17) is 14.2 Å². The third-order valence-electron chi connectivity index (χ3n) is 7.07. The molecule has 3 atom stereocenters. The third-order valence-corrected chi connectivity index (χ3v) is 7.07. The van der Waals surface area contributed by atoms with Gasteiger partial charge in [-0.25, -0.2) is 9.37 Å². The van der Waals surface area contributed by atoms with Crippen LogP contribution in [0.1, 0.15) is 60.6 Å². The molecule has 7 heteroatoms. The summed E-state index contributed by atoms with van der Waals surface area (Å²) < 4.78 is 32.7. The second-order valence-corrected chi connectivity index (χ2v) is 9.63. The Labute approximate surface area is 221 Å². The number of aliphatic carboxylic acids is 1. The molecule has 2 heterocycles. The van der Waals surface area contributed by atoms with Crippen LogP contribution in [0.3, 0.4) is 0 Å².